The molecular formula is C47H69N10+. The molecule has 10 nitrogen and oxygen atoms in total. The highest BCUT2D eigenvalue weighted by atomic mass is 15.4. The van der Waals surface area contributed by atoms with Crippen LogP contribution in [0.3, 0.4) is 0 Å². The fraction of sp³-hybridized carbons (Fsp3) is 0.383. The van der Waals surface area contributed by atoms with E-state index in [-0.39, 0.29) is 12.3 Å². The summed E-state index contributed by atoms with van der Waals surface area (Å²) in [5.41, 5.74) is 9.55. The van der Waals surface area contributed by atoms with Gasteiger partial charge in [-0.3, -0.25) is 0 Å². The Morgan fingerprint density at radius 1 is 0.526 bits per heavy atom. The number of benzene rings is 2. The second-order valence-electron chi connectivity index (χ2n) is 12.5. The lowest BCUT2D eigenvalue weighted by molar-refractivity contribution is -0.660. The standard InChI is InChI=1S/2C14H16N4.C11H13N2.4C2H6/c1-10-6-4-5-7-12(10)18-11(2)17(3)14-13(18)8-15-9-16-14;1-10-6-4-5-7-12(10)18-11(2)17(3)13-8-15-9-16-14(13)18;1-12-8-4-3-6-10(12)11-7-5-9-13(11)2;4*1-2/h2*4-9,11H,1-3H3;3-9H,1-2H3;4*1-2H3/q;;+1;;;;/t2*11-;;;;;/m00...../s1. The van der Waals surface area contributed by atoms with Gasteiger partial charge >= 0.3 is 0 Å². The van der Waals surface area contributed by atoms with Gasteiger partial charge in [0.05, 0.1) is 12.4 Å². The van der Waals surface area contributed by atoms with E-state index in [4.69, 9.17) is 0 Å². The Morgan fingerprint density at radius 3 is 1.54 bits per heavy atom. The Hall–Kier alpha value is -5.77. The van der Waals surface area contributed by atoms with Crippen LogP contribution in [0, 0.1) is 13.8 Å². The molecule has 0 aliphatic carbocycles. The highest BCUT2D eigenvalue weighted by Gasteiger charge is 2.34. The minimum absolute atomic E-state index is 0.248. The maximum atomic E-state index is 4.43. The average molecular weight is 774 g/mol. The highest BCUT2D eigenvalue weighted by molar-refractivity contribution is 5.81. The van der Waals surface area contributed by atoms with E-state index in [2.05, 4.69) is 190 Å². The number of nitrogens with zero attached hydrogens (tertiary/aromatic N) is 10. The fourth-order valence-corrected chi connectivity index (χ4v) is 6.44. The van der Waals surface area contributed by atoms with Gasteiger partial charge in [0, 0.05) is 50.8 Å². The van der Waals surface area contributed by atoms with Crippen LogP contribution in [-0.4, -0.2) is 50.9 Å². The van der Waals surface area contributed by atoms with Crippen molar-refractivity contribution in [1.29, 1.82) is 0 Å². The Morgan fingerprint density at radius 2 is 1.02 bits per heavy atom. The molecule has 0 bridgehead atoms. The Labute approximate surface area is 344 Å². The Bertz CT molecular complexity index is 1940. The van der Waals surface area contributed by atoms with E-state index < -0.39 is 0 Å². The third-order valence-electron chi connectivity index (χ3n) is 9.43. The average Bonchev–Trinajstić information content (AvgIpc) is 3.89. The van der Waals surface area contributed by atoms with Crippen LogP contribution >= 0.6 is 0 Å². The lowest BCUT2D eigenvalue weighted by Crippen LogP contribution is -2.36. The summed E-state index contributed by atoms with van der Waals surface area (Å²) in [6.07, 6.45) is 11.6. The van der Waals surface area contributed by atoms with Gasteiger partial charge in [-0.15, -0.1) is 0 Å². The molecule has 2 aliphatic heterocycles. The molecule has 2 aromatic carbocycles. The van der Waals surface area contributed by atoms with E-state index in [9.17, 15) is 0 Å². The maximum absolute atomic E-state index is 4.43. The molecule has 6 aromatic rings. The number of rotatable bonds is 3. The second-order valence-corrected chi connectivity index (χ2v) is 12.5. The van der Waals surface area contributed by atoms with Crippen molar-refractivity contribution in [2.24, 2.45) is 14.1 Å². The lowest BCUT2D eigenvalue weighted by Gasteiger charge is -2.28. The summed E-state index contributed by atoms with van der Waals surface area (Å²) in [6.45, 7) is 24.6. The third-order valence-corrected chi connectivity index (χ3v) is 9.43. The molecule has 4 aromatic heterocycles. The van der Waals surface area contributed by atoms with Crippen LogP contribution in [0.2, 0.25) is 0 Å². The van der Waals surface area contributed by atoms with Crippen LogP contribution in [0.25, 0.3) is 11.4 Å². The van der Waals surface area contributed by atoms with Crippen molar-refractivity contribution in [3.8, 4) is 11.4 Å². The molecule has 0 radical (unpaired) electrons. The summed E-state index contributed by atoms with van der Waals surface area (Å²) in [6, 6.07) is 27.2. The van der Waals surface area contributed by atoms with E-state index in [0.29, 0.717) is 0 Å². The van der Waals surface area contributed by atoms with Crippen LogP contribution in [0.1, 0.15) is 80.4 Å². The zero-order valence-corrected chi connectivity index (χ0v) is 37.6. The summed E-state index contributed by atoms with van der Waals surface area (Å²) in [5, 5.41) is 0. The van der Waals surface area contributed by atoms with E-state index in [1.807, 2.05) is 73.8 Å². The molecule has 57 heavy (non-hydrogen) atoms. The summed E-state index contributed by atoms with van der Waals surface area (Å²) in [5.74, 6) is 1.97. The first-order valence-electron chi connectivity index (χ1n) is 20.5. The van der Waals surface area contributed by atoms with Gasteiger partial charge in [-0.25, -0.2) is 19.9 Å². The van der Waals surface area contributed by atoms with E-state index in [0.717, 1.165) is 23.0 Å². The van der Waals surface area contributed by atoms with E-state index in [1.54, 1.807) is 12.7 Å². The number of aromatic nitrogens is 6. The Balaban J connectivity index is 0.000000274. The molecule has 0 spiro atoms. The Kier molecular flexibility index (Phi) is 19.9. The molecule has 0 amide bonds. The van der Waals surface area contributed by atoms with Gasteiger partial charge < -0.3 is 24.2 Å². The van der Waals surface area contributed by atoms with E-state index in [1.165, 1.54) is 33.9 Å². The monoisotopic (exact) mass is 774 g/mol. The second kappa shape index (κ2) is 24.0. The van der Waals surface area contributed by atoms with Crippen molar-refractivity contribution in [3.63, 3.8) is 0 Å². The molecule has 6 heterocycles. The molecule has 0 saturated carbocycles. The van der Waals surface area contributed by atoms with Crippen LogP contribution in [0.15, 0.2) is 116 Å². The number of fused-ring (bicyclic) bond motifs is 2. The highest BCUT2D eigenvalue weighted by Crippen LogP contribution is 2.43. The van der Waals surface area contributed by atoms with Crippen molar-refractivity contribution in [2.75, 3.05) is 33.7 Å². The molecule has 0 N–H and O–H groups in total. The van der Waals surface area contributed by atoms with Gasteiger partial charge in [0.2, 0.25) is 5.69 Å². The van der Waals surface area contributed by atoms with Crippen LogP contribution in [0.5, 0.6) is 0 Å². The molecule has 2 atom stereocenters. The molecule has 0 saturated heterocycles. The molecule has 10 heteroatoms. The first kappa shape index (κ1) is 47.4. The maximum Gasteiger partial charge on any atom is 0.228 e. The first-order valence-corrected chi connectivity index (χ1v) is 20.5. The van der Waals surface area contributed by atoms with Crippen molar-refractivity contribution in [3.05, 3.63) is 127 Å². The SMILES string of the molecule is CC.CC.CC.CC.Cc1ccccc1N1c2cncnc2N(C)[C@@H]1C.Cc1ccccc1N1c2ncncc2N(C)[C@@H]1C.Cn1cccc1-c1cccc[n+]1C. The normalized spacial score (nSPS) is 14.2. The number of hydrogen-bond acceptors (Lipinski definition) is 8. The molecule has 8 rings (SSSR count). The molecule has 0 unspecified atom stereocenters. The molecule has 0 fully saturated rings. The first-order chi connectivity index (χ1) is 27.7. The molecular weight excluding hydrogens is 705 g/mol. The van der Waals surface area contributed by atoms with Crippen molar-refractivity contribution < 1.29 is 4.57 Å². The minimum atomic E-state index is 0.248. The number of pyridine rings is 1. The van der Waals surface area contributed by atoms with Crippen LogP contribution < -0.4 is 24.2 Å². The number of para-hydroxylation sites is 2. The lowest BCUT2D eigenvalue weighted by atomic mass is 10.1. The van der Waals surface area contributed by atoms with Gasteiger partial charge in [0.25, 0.3) is 0 Å². The van der Waals surface area contributed by atoms with Crippen molar-refractivity contribution >= 4 is 34.4 Å². The summed E-state index contributed by atoms with van der Waals surface area (Å²) in [4.78, 5) is 26.0. The van der Waals surface area contributed by atoms with Gasteiger partial charge in [0.1, 0.15) is 49.1 Å². The van der Waals surface area contributed by atoms with E-state index >= 15 is 0 Å². The zero-order valence-electron chi connectivity index (χ0n) is 37.6. The summed E-state index contributed by atoms with van der Waals surface area (Å²) in [7, 11) is 8.25. The fourth-order valence-electron chi connectivity index (χ4n) is 6.44. The number of aryl methyl sites for hydroxylation is 4. The van der Waals surface area contributed by atoms with Crippen molar-refractivity contribution in [1.82, 2.24) is 24.5 Å². The molecule has 2 aliphatic rings. The summed E-state index contributed by atoms with van der Waals surface area (Å²) < 4.78 is 4.24. The van der Waals surface area contributed by atoms with Gasteiger partial charge in [-0.05, 0) is 69.2 Å². The van der Waals surface area contributed by atoms with Gasteiger partial charge in [-0.2, -0.15) is 4.57 Å². The summed E-state index contributed by atoms with van der Waals surface area (Å²) >= 11 is 0. The number of anilines is 6. The smallest absolute Gasteiger partial charge is 0.228 e. The molecule has 306 valence electrons. The van der Waals surface area contributed by atoms with Crippen molar-refractivity contribution in [2.45, 2.75) is 95.4 Å². The zero-order chi connectivity index (χ0) is 42.7. The predicted molar refractivity (Wildman–Crippen MR) is 244 cm³/mol. The third kappa shape index (κ3) is 11.0. The quantitative estimate of drug-likeness (QED) is 0.165. The number of hydrogen-bond donors (Lipinski definition) is 0. The topological polar surface area (TPSA) is 73.3 Å². The van der Waals surface area contributed by atoms with Gasteiger partial charge in [-0.1, -0.05) is 91.8 Å². The predicted octanol–water partition coefficient (Wildman–Crippen LogP) is 11.1. The van der Waals surface area contributed by atoms with Crippen LogP contribution in [0.4, 0.5) is 34.4 Å². The largest absolute Gasteiger partial charge is 0.350 e. The minimum Gasteiger partial charge on any atom is -0.350 e. The van der Waals surface area contributed by atoms with Crippen LogP contribution in [-0.2, 0) is 14.1 Å². The van der Waals surface area contributed by atoms with Gasteiger partial charge in [0.15, 0.2) is 17.8 Å².